The minimum Gasteiger partial charge on any atom is -0.333 e. The minimum absolute atomic E-state index is 0.140. The summed E-state index contributed by atoms with van der Waals surface area (Å²) < 4.78 is 79.7. The van der Waals surface area contributed by atoms with Gasteiger partial charge in [0.25, 0.3) is 0 Å². The molecular formula is C23H23F6N5O. The van der Waals surface area contributed by atoms with Gasteiger partial charge in [0.15, 0.2) is 11.6 Å². The van der Waals surface area contributed by atoms with Crippen LogP contribution in [0.15, 0.2) is 42.5 Å². The first-order chi connectivity index (χ1) is 16.5. The standard InChI is InChI=1S/C23H23F6N5O/c24-17-11-19(26)18(25)9-15(17)8-16(32-12-14-4-2-1-3-5-14)10-21(35)33-6-7-34(20(30)13-33)22(31)23(27,28)29/h1-5,9,11,16,30-32H,6-8,10,12-13H2. The van der Waals surface area contributed by atoms with Gasteiger partial charge in [-0.25, -0.2) is 13.2 Å². The van der Waals surface area contributed by atoms with E-state index in [1.807, 2.05) is 18.2 Å². The molecule has 1 unspecified atom stereocenters. The molecule has 0 bridgehead atoms. The first-order valence-corrected chi connectivity index (χ1v) is 10.6. The van der Waals surface area contributed by atoms with Gasteiger partial charge in [-0.1, -0.05) is 30.3 Å². The third-order valence-corrected chi connectivity index (χ3v) is 5.57. The number of carbonyl (C=O) groups excluding carboxylic acids is 1. The molecule has 0 radical (unpaired) electrons. The van der Waals surface area contributed by atoms with E-state index < -0.39 is 53.8 Å². The number of nitrogens with one attached hydrogen (secondary N) is 3. The van der Waals surface area contributed by atoms with Gasteiger partial charge in [-0.05, 0) is 23.6 Å². The first-order valence-electron chi connectivity index (χ1n) is 10.6. The van der Waals surface area contributed by atoms with Crippen LogP contribution in [0.3, 0.4) is 0 Å². The molecule has 6 nitrogen and oxygen atoms in total. The Labute approximate surface area is 197 Å². The highest BCUT2D eigenvalue weighted by atomic mass is 19.4. The number of piperazine rings is 1. The molecule has 0 aliphatic carbocycles. The summed E-state index contributed by atoms with van der Waals surface area (Å²) in [5.74, 6) is -6.27. The molecule has 3 N–H and O–H groups in total. The summed E-state index contributed by atoms with van der Waals surface area (Å²) >= 11 is 0. The fraction of sp³-hybridized carbons (Fsp3) is 0.348. The zero-order valence-corrected chi connectivity index (χ0v) is 18.4. The Morgan fingerprint density at radius 3 is 2.31 bits per heavy atom. The van der Waals surface area contributed by atoms with Crippen molar-refractivity contribution in [2.24, 2.45) is 0 Å². The Balaban J connectivity index is 1.70. The van der Waals surface area contributed by atoms with Crippen LogP contribution >= 0.6 is 0 Å². The minimum atomic E-state index is -4.92. The van der Waals surface area contributed by atoms with Crippen LogP contribution in [0.4, 0.5) is 26.3 Å². The average molecular weight is 499 g/mol. The van der Waals surface area contributed by atoms with Crippen LogP contribution in [-0.4, -0.2) is 59.2 Å². The van der Waals surface area contributed by atoms with Crippen LogP contribution in [0.2, 0.25) is 0 Å². The molecule has 1 atom stereocenters. The van der Waals surface area contributed by atoms with Crippen LogP contribution < -0.4 is 5.32 Å². The number of hydrogen-bond donors (Lipinski definition) is 3. The summed E-state index contributed by atoms with van der Waals surface area (Å²) in [4.78, 5) is 14.6. The predicted octanol–water partition coefficient (Wildman–Crippen LogP) is 3.86. The summed E-state index contributed by atoms with van der Waals surface area (Å²) in [6.45, 7) is -0.661. The number of benzene rings is 2. The molecule has 3 rings (SSSR count). The number of amides is 1. The Kier molecular flexibility index (Phi) is 8.15. The van der Waals surface area contributed by atoms with Crippen LogP contribution in [0.25, 0.3) is 0 Å². The van der Waals surface area contributed by atoms with Gasteiger partial charge in [0.2, 0.25) is 11.7 Å². The fourth-order valence-corrected chi connectivity index (χ4v) is 3.71. The molecule has 1 aliphatic heterocycles. The molecule has 1 aliphatic rings. The summed E-state index contributed by atoms with van der Waals surface area (Å²) in [5.41, 5.74) is 0.718. The molecule has 35 heavy (non-hydrogen) atoms. The normalized spacial score (nSPS) is 15.3. The van der Waals surface area contributed by atoms with Gasteiger partial charge < -0.3 is 15.1 Å². The van der Waals surface area contributed by atoms with E-state index in [9.17, 15) is 31.1 Å². The predicted molar refractivity (Wildman–Crippen MR) is 117 cm³/mol. The fourth-order valence-electron chi connectivity index (χ4n) is 3.71. The molecule has 1 heterocycles. The molecular weight excluding hydrogens is 476 g/mol. The molecule has 12 heteroatoms. The van der Waals surface area contributed by atoms with Crippen LogP contribution in [0.5, 0.6) is 0 Å². The van der Waals surface area contributed by atoms with Crippen molar-refractivity contribution in [3.63, 3.8) is 0 Å². The van der Waals surface area contributed by atoms with E-state index in [-0.39, 0.29) is 38.0 Å². The highest BCUT2D eigenvalue weighted by Crippen LogP contribution is 2.21. The van der Waals surface area contributed by atoms with E-state index in [4.69, 9.17) is 10.8 Å². The average Bonchev–Trinajstić information content (AvgIpc) is 2.80. The zero-order valence-electron chi connectivity index (χ0n) is 18.4. The van der Waals surface area contributed by atoms with Gasteiger partial charge in [-0.15, -0.1) is 0 Å². The van der Waals surface area contributed by atoms with E-state index in [0.717, 1.165) is 11.6 Å². The third kappa shape index (κ3) is 6.81. The highest BCUT2D eigenvalue weighted by Gasteiger charge is 2.41. The largest absolute Gasteiger partial charge is 0.449 e. The zero-order chi connectivity index (χ0) is 25.8. The quantitative estimate of drug-likeness (QED) is 0.234. The number of carbonyl (C=O) groups is 1. The van der Waals surface area contributed by atoms with Crippen LogP contribution in [0.1, 0.15) is 17.5 Å². The molecule has 0 saturated carbocycles. The third-order valence-electron chi connectivity index (χ3n) is 5.57. The molecule has 0 spiro atoms. The van der Waals surface area contributed by atoms with E-state index in [0.29, 0.717) is 11.0 Å². The number of hydrogen-bond acceptors (Lipinski definition) is 4. The van der Waals surface area contributed by atoms with E-state index in [2.05, 4.69) is 5.32 Å². The van der Waals surface area contributed by atoms with Crippen LogP contribution in [0, 0.1) is 28.3 Å². The summed E-state index contributed by atoms with van der Waals surface area (Å²) in [5, 5.41) is 18.2. The second kappa shape index (κ2) is 10.9. The Morgan fingerprint density at radius 1 is 1.03 bits per heavy atom. The molecule has 0 aromatic heterocycles. The molecule has 188 valence electrons. The van der Waals surface area contributed by atoms with Crippen LogP contribution in [-0.2, 0) is 17.8 Å². The summed E-state index contributed by atoms with van der Waals surface area (Å²) in [6, 6.07) is 9.49. The lowest BCUT2D eigenvalue weighted by Gasteiger charge is -2.37. The van der Waals surface area contributed by atoms with Gasteiger partial charge >= 0.3 is 6.18 Å². The molecule has 2 aromatic carbocycles. The second-order valence-corrected chi connectivity index (χ2v) is 8.09. The lowest BCUT2D eigenvalue weighted by Crippen LogP contribution is -2.57. The summed E-state index contributed by atoms with van der Waals surface area (Å²) in [7, 11) is 0. The topological polar surface area (TPSA) is 83.3 Å². The molecule has 1 amide bonds. The van der Waals surface area contributed by atoms with Gasteiger partial charge in [-0.3, -0.25) is 15.6 Å². The maximum absolute atomic E-state index is 14.2. The number of rotatable bonds is 7. The molecule has 2 aromatic rings. The van der Waals surface area contributed by atoms with Crippen molar-refractivity contribution >= 4 is 17.6 Å². The Morgan fingerprint density at radius 2 is 1.69 bits per heavy atom. The number of amidine groups is 2. The lowest BCUT2D eigenvalue weighted by atomic mass is 10.0. The Hall–Kier alpha value is -3.41. The van der Waals surface area contributed by atoms with Crippen molar-refractivity contribution in [3.8, 4) is 0 Å². The SMILES string of the molecule is N=C1CN(C(=O)CC(Cc2cc(F)c(F)cc2F)NCc2ccccc2)CCN1C(=N)C(F)(F)F. The molecule has 1 saturated heterocycles. The van der Waals surface area contributed by atoms with Crippen molar-refractivity contribution in [2.45, 2.75) is 31.6 Å². The smallest absolute Gasteiger partial charge is 0.333 e. The first kappa shape index (κ1) is 26.2. The van der Waals surface area contributed by atoms with Crippen molar-refractivity contribution in [1.29, 1.82) is 10.8 Å². The van der Waals surface area contributed by atoms with Gasteiger partial charge in [-0.2, -0.15) is 13.2 Å². The van der Waals surface area contributed by atoms with Crippen molar-refractivity contribution in [1.82, 2.24) is 15.1 Å². The van der Waals surface area contributed by atoms with Crippen molar-refractivity contribution in [3.05, 3.63) is 71.0 Å². The van der Waals surface area contributed by atoms with E-state index >= 15 is 0 Å². The highest BCUT2D eigenvalue weighted by molar-refractivity contribution is 6.02. The Bertz CT molecular complexity index is 1090. The van der Waals surface area contributed by atoms with E-state index in [1.54, 1.807) is 12.1 Å². The van der Waals surface area contributed by atoms with E-state index in [1.165, 1.54) is 4.90 Å². The number of alkyl halides is 3. The molecule has 1 fully saturated rings. The maximum atomic E-state index is 14.2. The number of halogens is 6. The van der Waals surface area contributed by atoms with Gasteiger partial charge in [0.1, 0.15) is 11.7 Å². The lowest BCUT2D eigenvalue weighted by molar-refractivity contribution is -0.131. The number of nitrogens with zero attached hydrogens (tertiary/aromatic N) is 2. The van der Waals surface area contributed by atoms with Gasteiger partial charge in [0.05, 0.1) is 6.54 Å². The van der Waals surface area contributed by atoms with Crippen molar-refractivity contribution < 1.29 is 31.1 Å². The second-order valence-electron chi connectivity index (χ2n) is 8.09. The van der Waals surface area contributed by atoms with Crippen molar-refractivity contribution in [2.75, 3.05) is 19.6 Å². The monoisotopic (exact) mass is 499 g/mol. The maximum Gasteiger partial charge on any atom is 0.449 e. The summed E-state index contributed by atoms with van der Waals surface area (Å²) in [6.07, 6.45) is -5.30. The van der Waals surface area contributed by atoms with Gasteiger partial charge in [0, 0.05) is 38.2 Å².